The summed E-state index contributed by atoms with van der Waals surface area (Å²) in [6.07, 6.45) is 3.71. The summed E-state index contributed by atoms with van der Waals surface area (Å²) in [4.78, 5) is 14.7. The van der Waals surface area contributed by atoms with Crippen molar-refractivity contribution in [1.29, 1.82) is 0 Å². The highest BCUT2D eigenvalue weighted by molar-refractivity contribution is 5.91. The van der Waals surface area contributed by atoms with Crippen molar-refractivity contribution in [2.75, 3.05) is 26.1 Å². The Bertz CT molecular complexity index is 744. The second-order valence-electron chi connectivity index (χ2n) is 5.92. The van der Waals surface area contributed by atoms with Crippen LogP contribution in [0.2, 0.25) is 0 Å². The summed E-state index contributed by atoms with van der Waals surface area (Å²) < 4.78 is 12.5. The van der Waals surface area contributed by atoms with Gasteiger partial charge in [0.2, 0.25) is 0 Å². The number of aryl methyl sites for hydroxylation is 1. The van der Waals surface area contributed by atoms with Gasteiger partial charge in [0.1, 0.15) is 11.5 Å². The number of likely N-dealkylation sites (tertiary alicyclic amines) is 1. The molecule has 1 atom stereocenters. The zero-order valence-electron chi connectivity index (χ0n) is 14.9. The van der Waals surface area contributed by atoms with Crippen molar-refractivity contribution in [1.82, 2.24) is 14.7 Å². The number of anilines is 1. The number of methoxy groups -OCH3 is 2. The van der Waals surface area contributed by atoms with E-state index in [4.69, 9.17) is 9.47 Å². The van der Waals surface area contributed by atoms with Crippen molar-refractivity contribution in [2.45, 2.75) is 32.4 Å². The molecule has 0 aliphatic carbocycles. The maximum Gasteiger partial charge on any atom is 0.322 e. The average Bonchev–Trinajstić information content (AvgIpc) is 3.30. The van der Waals surface area contributed by atoms with Gasteiger partial charge in [-0.1, -0.05) is 0 Å². The van der Waals surface area contributed by atoms with Gasteiger partial charge in [-0.3, -0.25) is 4.68 Å². The van der Waals surface area contributed by atoms with Crippen molar-refractivity contribution >= 4 is 11.7 Å². The number of ether oxygens (including phenoxy) is 2. The second kappa shape index (κ2) is 7.46. The lowest BCUT2D eigenvalue weighted by Gasteiger charge is -2.26. The molecule has 7 heteroatoms. The Morgan fingerprint density at radius 2 is 2.16 bits per heavy atom. The Kier molecular flexibility index (Phi) is 5.11. The first-order valence-corrected chi connectivity index (χ1v) is 8.49. The third-order valence-corrected chi connectivity index (χ3v) is 4.55. The second-order valence-corrected chi connectivity index (χ2v) is 5.92. The van der Waals surface area contributed by atoms with E-state index in [0.29, 0.717) is 17.2 Å². The van der Waals surface area contributed by atoms with Crippen molar-refractivity contribution in [3.63, 3.8) is 0 Å². The Hall–Kier alpha value is -2.70. The van der Waals surface area contributed by atoms with Crippen molar-refractivity contribution in [3.8, 4) is 11.5 Å². The number of carbonyl (C=O) groups is 1. The first kappa shape index (κ1) is 17.1. The summed E-state index contributed by atoms with van der Waals surface area (Å²) in [5.41, 5.74) is 1.71. The molecular weight excluding hydrogens is 320 g/mol. The molecule has 1 saturated heterocycles. The van der Waals surface area contributed by atoms with Gasteiger partial charge in [0.25, 0.3) is 0 Å². The number of urea groups is 1. The van der Waals surface area contributed by atoms with Crippen LogP contribution in [0.15, 0.2) is 30.5 Å². The molecule has 7 nitrogen and oxygen atoms in total. The summed E-state index contributed by atoms with van der Waals surface area (Å²) in [5.74, 6) is 1.25. The number of aromatic nitrogens is 2. The fourth-order valence-corrected chi connectivity index (χ4v) is 3.30. The highest BCUT2D eigenvalue weighted by atomic mass is 16.5. The molecule has 25 heavy (non-hydrogen) atoms. The van der Waals surface area contributed by atoms with Gasteiger partial charge >= 0.3 is 6.03 Å². The molecule has 1 N–H and O–H groups in total. The molecule has 1 aromatic heterocycles. The van der Waals surface area contributed by atoms with E-state index in [-0.39, 0.29) is 12.1 Å². The molecular formula is C18H24N4O3. The van der Waals surface area contributed by atoms with Crippen LogP contribution in [0.3, 0.4) is 0 Å². The minimum Gasteiger partial charge on any atom is -0.497 e. The number of carbonyl (C=O) groups excluding carboxylic acids is 1. The largest absolute Gasteiger partial charge is 0.497 e. The number of nitrogens with one attached hydrogen (secondary N) is 1. The van der Waals surface area contributed by atoms with Gasteiger partial charge in [0.05, 0.1) is 31.6 Å². The van der Waals surface area contributed by atoms with E-state index >= 15 is 0 Å². The maximum atomic E-state index is 12.8. The highest BCUT2D eigenvalue weighted by Crippen LogP contribution is 2.34. The Morgan fingerprint density at radius 3 is 2.88 bits per heavy atom. The zero-order valence-corrected chi connectivity index (χ0v) is 14.9. The van der Waals surface area contributed by atoms with Gasteiger partial charge in [-0.25, -0.2) is 4.79 Å². The van der Waals surface area contributed by atoms with Crippen LogP contribution in [0.5, 0.6) is 11.5 Å². The summed E-state index contributed by atoms with van der Waals surface area (Å²) in [6.45, 7) is 3.57. The molecule has 0 saturated carbocycles. The molecule has 2 heterocycles. The van der Waals surface area contributed by atoms with E-state index in [1.54, 1.807) is 38.6 Å². The van der Waals surface area contributed by atoms with E-state index in [0.717, 1.165) is 31.6 Å². The number of nitrogens with zero attached hydrogens (tertiary/aromatic N) is 3. The van der Waals surface area contributed by atoms with Gasteiger partial charge in [0.15, 0.2) is 0 Å². The lowest BCUT2D eigenvalue weighted by atomic mass is 10.1. The van der Waals surface area contributed by atoms with Crippen LogP contribution in [-0.2, 0) is 6.54 Å². The highest BCUT2D eigenvalue weighted by Gasteiger charge is 2.32. The van der Waals surface area contributed by atoms with Crippen molar-refractivity contribution < 1.29 is 14.3 Å². The van der Waals surface area contributed by atoms with Gasteiger partial charge in [-0.2, -0.15) is 5.10 Å². The molecule has 1 aliphatic rings. The van der Waals surface area contributed by atoms with Gasteiger partial charge in [0, 0.05) is 25.4 Å². The van der Waals surface area contributed by atoms with Crippen LogP contribution in [0.1, 0.15) is 31.5 Å². The smallest absolute Gasteiger partial charge is 0.322 e. The van der Waals surface area contributed by atoms with E-state index in [1.807, 2.05) is 15.6 Å². The van der Waals surface area contributed by atoms with Crippen LogP contribution in [0, 0.1) is 0 Å². The van der Waals surface area contributed by atoms with Crippen LogP contribution in [0.25, 0.3) is 0 Å². The van der Waals surface area contributed by atoms with Crippen molar-refractivity contribution in [3.05, 3.63) is 36.2 Å². The third-order valence-electron chi connectivity index (χ3n) is 4.55. The Labute approximate surface area is 147 Å². The molecule has 0 bridgehead atoms. The van der Waals surface area contributed by atoms with Crippen LogP contribution in [-0.4, -0.2) is 41.5 Å². The summed E-state index contributed by atoms with van der Waals surface area (Å²) in [6, 6.07) is 7.25. The lowest BCUT2D eigenvalue weighted by Crippen LogP contribution is -2.35. The van der Waals surface area contributed by atoms with E-state index in [2.05, 4.69) is 17.3 Å². The number of rotatable bonds is 5. The summed E-state index contributed by atoms with van der Waals surface area (Å²) in [7, 11) is 3.17. The Morgan fingerprint density at radius 1 is 1.32 bits per heavy atom. The Balaban J connectivity index is 1.79. The normalized spacial score (nSPS) is 16.8. The van der Waals surface area contributed by atoms with Crippen LogP contribution >= 0.6 is 0 Å². The lowest BCUT2D eigenvalue weighted by molar-refractivity contribution is 0.204. The number of amides is 2. The van der Waals surface area contributed by atoms with Gasteiger partial charge < -0.3 is 19.7 Å². The zero-order chi connectivity index (χ0) is 17.8. The average molecular weight is 344 g/mol. The van der Waals surface area contributed by atoms with E-state index in [1.165, 1.54) is 0 Å². The predicted molar refractivity (Wildman–Crippen MR) is 95.1 cm³/mol. The SMILES string of the molecule is CCn1nccc1[C@H]1CCCN1C(=O)Nc1ccc(OC)cc1OC. The quantitative estimate of drug-likeness (QED) is 0.904. The van der Waals surface area contributed by atoms with Crippen molar-refractivity contribution in [2.24, 2.45) is 0 Å². The molecule has 1 aliphatic heterocycles. The fourth-order valence-electron chi connectivity index (χ4n) is 3.30. The maximum absolute atomic E-state index is 12.8. The summed E-state index contributed by atoms with van der Waals surface area (Å²) in [5, 5.41) is 7.29. The fraction of sp³-hybridized carbons (Fsp3) is 0.444. The topological polar surface area (TPSA) is 68.6 Å². The first-order chi connectivity index (χ1) is 12.2. The van der Waals surface area contributed by atoms with Gasteiger partial charge in [-0.15, -0.1) is 0 Å². The van der Waals surface area contributed by atoms with Crippen LogP contribution < -0.4 is 14.8 Å². The van der Waals surface area contributed by atoms with Crippen LogP contribution in [0.4, 0.5) is 10.5 Å². The molecule has 2 amide bonds. The minimum atomic E-state index is -0.130. The van der Waals surface area contributed by atoms with Gasteiger partial charge in [-0.05, 0) is 38.0 Å². The molecule has 0 radical (unpaired) electrons. The number of hydrogen-bond acceptors (Lipinski definition) is 4. The molecule has 3 rings (SSSR count). The molecule has 134 valence electrons. The number of benzene rings is 1. The first-order valence-electron chi connectivity index (χ1n) is 8.49. The molecule has 0 spiro atoms. The molecule has 2 aromatic rings. The molecule has 1 fully saturated rings. The number of hydrogen-bond donors (Lipinski definition) is 1. The minimum absolute atomic E-state index is 0.0479. The van der Waals surface area contributed by atoms with E-state index in [9.17, 15) is 4.79 Å². The van der Waals surface area contributed by atoms with E-state index < -0.39 is 0 Å². The standard InChI is InChI=1S/C18H24N4O3/c1-4-22-16(9-10-19-22)15-6-5-11-21(15)18(23)20-14-8-7-13(24-2)12-17(14)25-3/h7-10,12,15H,4-6,11H2,1-3H3,(H,20,23)/t15-/m1/s1. The summed E-state index contributed by atoms with van der Waals surface area (Å²) >= 11 is 0. The molecule has 1 aromatic carbocycles. The molecule has 0 unspecified atom stereocenters. The third kappa shape index (κ3) is 3.40. The monoisotopic (exact) mass is 344 g/mol. The predicted octanol–water partition coefficient (Wildman–Crippen LogP) is 3.29.